The van der Waals surface area contributed by atoms with Crippen LogP contribution in [-0.4, -0.2) is 25.2 Å². The molecule has 30 heavy (non-hydrogen) atoms. The fourth-order valence-electron chi connectivity index (χ4n) is 3.59. The Morgan fingerprint density at radius 1 is 0.767 bits per heavy atom. The standard InChI is InChI=1S/C20H10F5N5/c21-15-12(16(22)18(24)19(25)17(15)23)8-30-13-4-2-1-3-10(13)11-7-9(5-6-14(11)30)20-26-28-29-27-20/h1-7H,8H2,(H,26,27,28,29). The van der Waals surface area contributed by atoms with Crippen molar-refractivity contribution in [3.05, 3.63) is 77.1 Å². The number of aromatic amines is 1. The summed E-state index contributed by atoms with van der Waals surface area (Å²) in [4.78, 5) is 0. The fraction of sp³-hybridized carbons (Fsp3) is 0.0500. The Kier molecular flexibility index (Phi) is 4.02. The van der Waals surface area contributed by atoms with Gasteiger partial charge in [0.2, 0.25) is 11.6 Å². The zero-order valence-corrected chi connectivity index (χ0v) is 14.9. The second-order valence-corrected chi connectivity index (χ2v) is 6.62. The van der Waals surface area contributed by atoms with Crippen molar-refractivity contribution in [2.75, 3.05) is 0 Å². The van der Waals surface area contributed by atoms with Crippen LogP contribution in [0.25, 0.3) is 33.2 Å². The molecule has 0 saturated heterocycles. The van der Waals surface area contributed by atoms with Crippen LogP contribution in [0, 0.1) is 29.1 Å². The van der Waals surface area contributed by atoms with Gasteiger partial charge in [-0.05, 0) is 29.5 Å². The molecule has 5 aromatic rings. The summed E-state index contributed by atoms with van der Waals surface area (Å²) in [5.41, 5.74) is 0.862. The molecule has 2 aromatic heterocycles. The topological polar surface area (TPSA) is 59.4 Å². The van der Waals surface area contributed by atoms with Gasteiger partial charge in [-0.1, -0.05) is 18.2 Å². The van der Waals surface area contributed by atoms with Crippen LogP contribution in [0.5, 0.6) is 0 Å². The Balaban J connectivity index is 1.76. The van der Waals surface area contributed by atoms with Crippen molar-refractivity contribution in [3.63, 3.8) is 0 Å². The molecule has 0 aliphatic carbocycles. The molecule has 2 heterocycles. The summed E-state index contributed by atoms with van der Waals surface area (Å²) in [5, 5.41) is 15.2. The second-order valence-electron chi connectivity index (χ2n) is 6.62. The molecular weight excluding hydrogens is 405 g/mol. The first-order valence-electron chi connectivity index (χ1n) is 8.72. The van der Waals surface area contributed by atoms with Gasteiger partial charge in [-0.2, -0.15) is 5.21 Å². The number of tetrazole rings is 1. The monoisotopic (exact) mass is 415 g/mol. The van der Waals surface area contributed by atoms with Gasteiger partial charge in [-0.3, -0.25) is 0 Å². The number of nitrogens with zero attached hydrogens (tertiary/aromatic N) is 4. The van der Waals surface area contributed by atoms with Crippen molar-refractivity contribution in [2.24, 2.45) is 0 Å². The Bertz CT molecular complexity index is 1400. The number of nitrogens with one attached hydrogen (secondary N) is 1. The van der Waals surface area contributed by atoms with Crippen molar-refractivity contribution in [1.29, 1.82) is 0 Å². The van der Waals surface area contributed by atoms with E-state index in [1.165, 1.54) is 4.57 Å². The van der Waals surface area contributed by atoms with Gasteiger partial charge in [0.05, 0.1) is 6.54 Å². The minimum atomic E-state index is -2.18. The second kappa shape index (κ2) is 6.61. The van der Waals surface area contributed by atoms with Crippen LogP contribution in [0.1, 0.15) is 5.56 Å². The predicted octanol–water partition coefficient (Wildman–Crippen LogP) is 4.72. The highest BCUT2D eigenvalue weighted by atomic mass is 19.2. The van der Waals surface area contributed by atoms with Crippen LogP contribution in [0.2, 0.25) is 0 Å². The third-order valence-electron chi connectivity index (χ3n) is 4.99. The molecule has 0 aliphatic heterocycles. The van der Waals surface area contributed by atoms with Crippen LogP contribution in [0.4, 0.5) is 22.0 Å². The Morgan fingerprint density at radius 2 is 1.43 bits per heavy atom. The minimum Gasteiger partial charge on any atom is -0.336 e. The van der Waals surface area contributed by atoms with E-state index in [1.807, 2.05) is 0 Å². The molecule has 10 heteroatoms. The molecule has 0 unspecified atom stereocenters. The number of halogens is 5. The summed E-state index contributed by atoms with van der Waals surface area (Å²) in [6.07, 6.45) is 0. The number of rotatable bonds is 3. The largest absolute Gasteiger partial charge is 0.336 e. The Hall–Kier alpha value is -3.82. The molecule has 0 aliphatic rings. The van der Waals surface area contributed by atoms with Crippen molar-refractivity contribution in [1.82, 2.24) is 25.2 Å². The minimum absolute atomic E-state index is 0.355. The van der Waals surface area contributed by atoms with E-state index in [0.717, 1.165) is 5.39 Å². The maximum absolute atomic E-state index is 14.3. The highest BCUT2D eigenvalue weighted by molar-refractivity contribution is 6.09. The number of benzene rings is 3. The Labute approximate surface area is 164 Å². The molecule has 0 saturated carbocycles. The number of hydrogen-bond acceptors (Lipinski definition) is 3. The molecule has 3 aromatic carbocycles. The summed E-state index contributed by atoms with van der Waals surface area (Å²) in [7, 11) is 0. The molecule has 5 nitrogen and oxygen atoms in total. The van der Waals surface area contributed by atoms with Crippen molar-refractivity contribution in [2.45, 2.75) is 6.54 Å². The highest BCUT2D eigenvalue weighted by Crippen LogP contribution is 2.33. The number of H-pyrrole nitrogens is 1. The first-order valence-corrected chi connectivity index (χ1v) is 8.72. The third kappa shape index (κ3) is 2.56. The molecule has 0 amide bonds. The predicted molar refractivity (Wildman–Crippen MR) is 97.9 cm³/mol. The van der Waals surface area contributed by atoms with Crippen molar-refractivity contribution < 1.29 is 22.0 Å². The fourth-order valence-corrected chi connectivity index (χ4v) is 3.59. The van der Waals surface area contributed by atoms with Crippen LogP contribution in [0.3, 0.4) is 0 Å². The quantitative estimate of drug-likeness (QED) is 0.264. The summed E-state index contributed by atoms with van der Waals surface area (Å²) in [5.74, 6) is -9.45. The molecular formula is C20H10F5N5. The van der Waals surface area contributed by atoms with E-state index in [0.29, 0.717) is 27.8 Å². The van der Waals surface area contributed by atoms with Crippen molar-refractivity contribution in [3.8, 4) is 11.4 Å². The lowest BCUT2D eigenvalue weighted by atomic mass is 10.1. The van der Waals surface area contributed by atoms with Gasteiger partial charge in [0, 0.05) is 32.9 Å². The lowest BCUT2D eigenvalue weighted by molar-refractivity contribution is 0.369. The first kappa shape index (κ1) is 18.2. The molecule has 0 spiro atoms. The molecule has 0 bridgehead atoms. The van der Waals surface area contributed by atoms with Crippen LogP contribution < -0.4 is 0 Å². The maximum atomic E-state index is 14.3. The van der Waals surface area contributed by atoms with Gasteiger partial charge in [-0.15, -0.1) is 10.2 Å². The van der Waals surface area contributed by atoms with Gasteiger partial charge in [0.15, 0.2) is 23.3 Å². The molecule has 150 valence electrons. The molecule has 0 fully saturated rings. The summed E-state index contributed by atoms with van der Waals surface area (Å²) < 4.78 is 70.8. The van der Waals surface area contributed by atoms with E-state index in [9.17, 15) is 22.0 Å². The zero-order valence-electron chi connectivity index (χ0n) is 14.9. The SMILES string of the molecule is Fc1c(F)c(F)c(Cn2c3ccccc3c3cc(-c4nn[nH]n4)ccc32)c(F)c1F. The Morgan fingerprint density at radius 3 is 2.13 bits per heavy atom. The van der Waals surface area contributed by atoms with Crippen LogP contribution >= 0.6 is 0 Å². The maximum Gasteiger partial charge on any atom is 0.204 e. The lowest BCUT2D eigenvalue weighted by Gasteiger charge is -2.11. The van der Waals surface area contributed by atoms with E-state index >= 15 is 0 Å². The van der Waals surface area contributed by atoms with Gasteiger partial charge in [0.1, 0.15) is 0 Å². The van der Waals surface area contributed by atoms with Gasteiger partial charge >= 0.3 is 0 Å². The first-order chi connectivity index (χ1) is 14.5. The molecule has 0 atom stereocenters. The summed E-state index contributed by atoms with van der Waals surface area (Å²) in [6.45, 7) is -0.544. The number of para-hydroxylation sites is 1. The van der Waals surface area contributed by atoms with Gasteiger partial charge < -0.3 is 4.57 Å². The van der Waals surface area contributed by atoms with Gasteiger partial charge in [-0.25, -0.2) is 22.0 Å². The zero-order chi connectivity index (χ0) is 21.0. The highest BCUT2D eigenvalue weighted by Gasteiger charge is 2.26. The normalized spacial score (nSPS) is 11.6. The summed E-state index contributed by atoms with van der Waals surface area (Å²) in [6, 6.07) is 12.1. The molecule has 5 rings (SSSR count). The molecule has 1 N–H and O–H groups in total. The third-order valence-corrected chi connectivity index (χ3v) is 4.99. The smallest absolute Gasteiger partial charge is 0.204 e. The number of hydrogen-bond donors (Lipinski definition) is 1. The van der Waals surface area contributed by atoms with E-state index < -0.39 is 41.2 Å². The van der Waals surface area contributed by atoms with Crippen LogP contribution in [0.15, 0.2) is 42.5 Å². The van der Waals surface area contributed by atoms with Crippen LogP contribution in [-0.2, 0) is 6.54 Å². The number of aromatic nitrogens is 5. The molecule has 0 radical (unpaired) electrons. The lowest BCUT2D eigenvalue weighted by Crippen LogP contribution is -2.11. The summed E-state index contributed by atoms with van der Waals surface area (Å²) >= 11 is 0. The van der Waals surface area contributed by atoms with E-state index in [-0.39, 0.29) is 0 Å². The van der Waals surface area contributed by atoms with E-state index in [2.05, 4.69) is 20.6 Å². The van der Waals surface area contributed by atoms with Gasteiger partial charge in [0.25, 0.3) is 0 Å². The average Bonchev–Trinajstić information content (AvgIpc) is 3.41. The average molecular weight is 415 g/mol. The van der Waals surface area contributed by atoms with E-state index in [1.54, 1.807) is 42.5 Å². The van der Waals surface area contributed by atoms with Crippen molar-refractivity contribution >= 4 is 21.8 Å². The number of fused-ring (bicyclic) bond motifs is 3. The van der Waals surface area contributed by atoms with E-state index in [4.69, 9.17) is 0 Å².